The fraction of sp³-hybridized carbons (Fsp3) is 0.677. The topological polar surface area (TPSA) is 59.0 Å². The van der Waals surface area contributed by atoms with Gasteiger partial charge in [-0.05, 0) is 106 Å². The molecule has 2 N–H and O–H groups in total. The lowest BCUT2D eigenvalue weighted by Gasteiger charge is -2.69. The van der Waals surface area contributed by atoms with Gasteiger partial charge in [0.1, 0.15) is 5.82 Å². The van der Waals surface area contributed by atoms with Crippen LogP contribution in [0.5, 0.6) is 0 Å². The van der Waals surface area contributed by atoms with Crippen LogP contribution in [0.4, 0.5) is 4.39 Å². The van der Waals surface area contributed by atoms with Gasteiger partial charge in [0.2, 0.25) is 5.91 Å². The van der Waals surface area contributed by atoms with E-state index in [1.165, 1.54) is 25.3 Å². The van der Waals surface area contributed by atoms with Gasteiger partial charge in [-0.25, -0.2) is 4.39 Å². The van der Waals surface area contributed by atoms with Gasteiger partial charge in [-0.3, -0.25) is 14.8 Å². The lowest BCUT2D eigenvalue weighted by Crippen LogP contribution is -2.68. The van der Waals surface area contributed by atoms with Crippen LogP contribution in [0, 0.1) is 22.1 Å². The number of halogens is 2. The SMILES string of the molecule is CC12CC3(C)CC(C)(C1)CC(NC(=O)[C@@H]1C[C@@H](c4ccn(C(C)(C)C)n4)[C@H](c4ccc(Cl)c(F)c4)N1)(C2)C3. The number of aromatic nitrogens is 2. The zero-order valence-corrected chi connectivity index (χ0v) is 24.4. The smallest absolute Gasteiger partial charge is 0.237 e. The normalized spacial score (nSPS) is 40.1. The zero-order chi connectivity index (χ0) is 27.3. The Morgan fingerprint density at radius 2 is 1.66 bits per heavy atom. The Morgan fingerprint density at radius 1 is 1.05 bits per heavy atom. The second kappa shape index (κ2) is 8.30. The van der Waals surface area contributed by atoms with E-state index in [1.807, 2.05) is 23.0 Å². The molecule has 4 bridgehead atoms. The highest BCUT2D eigenvalue weighted by molar-refractivity contribution is 6.30. The van der Waals surface area contributed by atoms with E-state index in [1.54, 1.807) is 6.07 Å². The second-order valence-electron chi connectivity index (χ2n) is 15.3. The summed E-state index contributed by atoms with van der Waals surface area (Å²) < 4.78 is 16.5. The summed E-state index contributed by atoms with van der Waals surface area (Å²) in [7, 11) is 0. The molecule has 7 heteroatoms. The van der Waals surface area contributed by atoms with Crippen LogP contribution in [-0.4, -0.2) is 27.3 Å². The molecule has 4 saturated carbocycles. The molecule has 5 fully saturated rings. The van der Waals surface area contributed by atoms with Gasteiger partial charge in [0.15, 0.2) is 0 Å². The molecule has 1 aliphatic heterocycles. The Morgan fingerprint density at radius 3 is 2.18 bits per heavy atom. The molecule has 5 aliphatic rings. The molecule has 38 heavy (non-hydrogen) atoms. The summed E-state index contributed by atoms with van der Waals surface area (Å²) in [6, 6.07) is 6.39. The van der Waals surface area contributed by atoms with Crippen LogP contribution in [0.25, 0.3) is 0 Å². The molecule has 2 heterocycles. The number of rotatable bonds is 4. The second-order valence-corrected chi connectivity index (χ2v) is 15.7. The Hall–Kier alpha value is -1.92. The number of benzene rings is 1. The van der Waals surface area contributed by atoms with Gasteiger partial charge in [-0.1, -0.05) is 38.4 Å². The van der Waals surface area contributed by atoms with Crippen molar-refractivity contribution >= 4 is 17.5 Å². The third-order valence-corrected chi connectivity index (χ3v) is 10.1. The Kier molecular flexibility index (Phi) is 5.74. The predicted molar refractivity (Wildman–Crippen MR) is 149 cm³/mol. The Bertz CT molecular complexity index is 1230. The third-order valence-electron chi connectivity index (χ3n) is 9.81. The van der Waals surface area contributed by atoms with E-state index in [0.717, 1.165) is 30.5 Å². The molecule has 2 aromatic rings. The Balaban J connectivity index is 1.28. The summed E-state index contributed by atoms with van der Waals surface area (Å²) in [4.78, 5) is 14.0. The Labute approximate surface area is 231 Å². The first-order valence-corrected chi connectivity index (χ1v) is 14.6. The van der Waals surface area contributed by atoms with Gasteiger partial charge in [-0.2, -0.15) is 5.10 Å². The number of nitrogens with zero attached hydrogens (tertiary/aromatic N) is 2. The number of hydrogen-bond acceptors (Lipinski definition) is 3. The van der Waals surface area contributed by atoms with Crippen LogP contribution in [0.3, 0.4) is 0 Å². The first-order chi connectivity index (χ1) is 17.6. The summed E-state index contributed by atoms with van der Waals surface area (Å²) >= 11 is 6.00. The van der Waals surface area contributed by atoms with Crippen molar-refractivity contribution in [2.45, 2.75) is 116 Å². The number of carbonyl (C=O) groups excluding carboxylic acids is 1. The maximum atomic E-state index is 14.5. The third kappa shape index (κ3) is 4.50. The van der Waals surface area contributed by atoms with E-state index in [-0.39, 0.29) is 40.0 Å². The van der Waals surface area contributed by atoms with E-state index < -0.39 is 5.82 Å². The first kappa shape index (κ1) is 26.3. The predicted octanol–water partition coefficient (Wildman–Crippen LogP) is 6.87. The van der Waals surface area contributed by atoms with Crippen molar-refractivity contribution in [1.82, 2.24) is 20.4 Å². The molecule has 1 amide bonds. The van der Waals surface area contributed by atoms with Gasteiger partial charge in [0.25, 0.3) is 0 Å². The zero-order valence-electron chi connectivity index (χ0n) is 23.6. The van der Waals surface area contributed by atoms with Gasteiger partial charge >= 0.3 is 0 Å². The van der Waals surface area contributed by atoms with Gasteiger partial charge in [-0.15, -0.1) is 0 Å². The van der Waals surface area contributed by atoms with E-state index >= 15 is 0 Å². The molecule has 0 spiro atoms. The van der Waals surface area contributed by atoms with Crippen molar-refractivity contribution in [3.05, 3.63) is 52.6 Å². The molecule has 3 atom stereocenters. The highest BCUT2D eigenvalue weighted by atomic mass is 35.5. The van der Waals surface area contributed by atoms with Crippen LogP contribution in [0.1, 0.15) is 110 Å². The molecule has 206 valence electrons. The lowest BCUT2D eigenvalue weighted by molar-refractivity contribution is -0.164. The average molecular weight is 541 g/mol. The molecule has 0 unspecified atom stereocenters. The summed E-state index contributed by atoms with van der Waals surface area (Å²) in [6.45, 7) is 13.6. The molecule has 1 saturated heterocycles. The molecule has 5 nitrogen and oxygen atoms in total. The van der Waals surface area contributed by atoms with Crippen LogP contribution in [0.15, 0.2) is 30.5 Å². The number of carbonyl (C=O) groups is 1. The van der Waals surface area contributed by atoms with Crippen LogP contribution >= 0.6 is 11.6 Å². The van der Waals surface area contributed by atoms with Crippen LogP contribution in [-0.2, 0) is 10.3 Å². The van der Waals surface area contributed by atoms with E-state index in [2.05, 4.69) is 52.2 Å². The summed E-state index contributed by atoms with van der Waals surface area (Å²) in [5.41, 5.74) is 2.30. The first-order valence-electron chi connectivity index (χ1n) is 14.2. The van der Waals surface area contributed by atoms with E-state index in [9.17, 15) is 9.18 Å². The largest absolute Gasteiger partial charge is 0.349 e. The van der Waals surface area contributed by atoms with Gasteiger partial charge < -0.3 is 5.32 Å². The van der Waals surface area contributed by atoms with Crippen molar-refractivity contribution in [2.75, 3.05) is 0 Å². The monoisotopic (exact) mass is 540 g/mol. The standard InChI is InChI=1S/C31H42ClFN4O/c1-27(2,3)37-10-9-23(36-37)20-12-24(34-25(20)19-7-8-21(32)22(33)11-19)26(38)35-31-16-28(4)13-29(5,17-31)15-30(6,14-28)18-31/h7-11,20,24-25,34H,12-18H2,1-6H3,(H,35,38)/t20-,24-,25-,28?,29?,30?,31?/m0/s1. The van der Waals surface area contributed by atoms with Crippen LogP contribution < -0.4 is 10.6 Å². The minimum atomic E-state index is -0.443. The minimum Gasteiger partial charge on any atom is -0.349 e. The fourth-order valence-electron chi connectivity index (χ4n) is 9.98. The molecule has 1 aromatic heterocycles. The summed E-state index contributed by atoms with van der Waals surface area (Å²) in [5, 5.41) is 12.2. The number of amides is 1. The molecule has 7 rings (SSSR count). The molecular weight excluding hydrogens is 499 g/mol. The van der Waals surface area contributed by atoms with Crippen molar-refractivity contribution in [3.8, 4) is 0 Å². The average Bonchev–Trinajstić information content (AvgIpc) is 3.39. The molecule has 4 aliphatic carbocycles. The molecule has 0 radical (unpaired) electrons. The van der Waals surface area contributed by atoms with Crippen molar-refractivity contribution in [2.24, 2.45) is 16.2 Å². The highest BCUT2D eigenvalue weighted by Gasteiger charge is 2.64. The number of hydrogen-bond donors (Lipinski definition) is 2. The quantitative estimate of drug-likeness (QED) is 0.444. The summed E-state index contributed by atoms with van der Waals surface area (Å²) in [5.74, 6) is -0.431. The van der Waals surface area contributed by atoms with Gasteiger partial charge in [0, 0.05) is 23.7 Å². The molecule has 1 aromatic carbocycles. The lowest BCUT2D eigenvalue weighted by atomic mass is 9.38. The minimum absolute atomic E-state index is 0.0566. The van der Waals surface area contributed by atoms with Crippen molar-refractivity contribution in [3.63, 3.8) is 0 Å². The molecular formula is C31H42ClFN4O. The fourth-order valence-corrected chi connectivity index (χ4v) is 10.1. The van der Waals surface area contributed by atoms with E-state index in [4.69, 9.17) is 16.7 Å². The maximum absolute atomic E-state index is 14.5. The van der Waals surface area contributed by atoms with Gasteiger partial charge in [0.05, 0.1) is 22.3 Å². The maximum Gasteiger partial charge on any atom is 0.237 e. The highest BCUT2D eigenvalue weighted by Crippen LogP contribution is 2.70. The summed E-state index contributed by atoms with van der Waals surface area (Å²) in [6.07, 6.45) is 9.59. The number of nitrogens with one attached hydrogen (secondary N) is 2. The van der Waals surface area contributed by atoms with Crippen molar-refractivity contribution in [1.29, 1.82) is 0 Å². The van der Waals surface area contributed by atoms with E-state index in [0.29, 0.717) is 22.7 Å². The van der Waals surface area contributed by atoms with Crippen molar-refractivity contribution < 1.29 is 9.18 Å². The van der Waals surface area contributed by atoms with Crippen LogP contribution in [0.2, 0.25) is 5.02 Å².